The number of amides is 1. The van der Waals surface area contributed by atoms with Crippen molar-refractivity contribution in [3.8, 4) is 11.8 Å². The average Bonchev–Trinajstić information content (AvgIpc) is 3.18. The molecule has 0 fully saturated rings. The van der Waals surface area contributed by atoms with E-state index in [9.17, 15) is 10.1 Å². The van der Waals surface area contributed by atoms with Crippen molar-refractivity contribution in [3.05, 3.63) is 59.1 Å². The first-order valence-electron chi connectivity index (χ1n) is 7.37. The van der Waals surface area contributed by atoms with E-state index >= 15 is 0 Å². The Kier molecular flexibility index (Phi) is 4.15. The van der Waals surface area contributed by atoms with E-state index in [0.29, 0.717) is 5.76 Å². The number of rotatable bonds is 4. The van der Waals surface area contributed by atoms with Gasteiger partial charge in [-0.05, 0) is 48.4 Å². The molecule has 5 heteroatoms. The van der Waals surface area contributed by atoms with E-state index < -0.39 is 5.91 Å². The molecule has 2 aromatic rings. The first-order chi connectivity index (χ1) is 11.2. The normalized spacial score (nSPS) is 16.3. The molecule has 1 aliphatic rings. The van der Waals surface area contributed by atoms with E-state index in [1.54, 1.807) is 18.2 Å². The van der Waals surface area contributed by atoms with Gasteiger partial charge in [0.1, 0.15) is 29.3 Å². The molecule has 1 aliphatic heterocycles. The largest absolute Gasteiger partial charge is 0.490 e. The minimum atomic E-state index is -0.422. The van der Waals surface area contributed by atoms with Crippen LogP contribution in [0.15, 0.2) is 46.6 Å². The van der Waals surface area contributed by atoms with Crippen LogP contribution < -0.4 is 10.1 Å². The van der Waals surface area contributed by atoms with Crippen LogP contribution in [0.3, 0.4) is 0 Å². The number of carbonyl (C=O) groups excluding carboxylic acids is 1. The molecule has 0 radical (unpaired) electrons. The topological polar surface area (TPSA) is 75.3 Å². The molecule has 23 heavy (non-hydrogen) atoms. The maximum atomic E-state index is 12.1. The number of benzene rings is 1. The molecular formula is C18H16N2O3. The number of nitrogens with zero attached hydrogens (tertiary/aromatic N) is 1. The van der Waals surface area contributed by atoms with E-state index in [4.69, 9.17) is 9.15 Å². The Hall–Kier alpha value is -3.00. The molecule has 1 amide bonds. The Bertz CT molecular complexity index is 785. The standard InChI is InChI=1S/C18H16N2O3/c1-12-7-14-8-13(4-5-17(14)23-12)9-15(10-19)18(21)20-11-16-3-2-6-22-16/h2-6,8-9,12H,7,11H2,1H3,(H,20,21). The van der Waals surface area contributed by atoms with Crippen LogP contribution in [0.2, 0.25) is 0 Å². The van der Waals surface area contributed by atoms with Gasteiger partial charge in [0.05, 0.1) is 12.8 Å². The summed E-state index contributed by atoms with van der Waals surface area (Å²) in [5.41, 5.74) is 1.97. The second kappa shape index (κ2) is 6.41. The molecule has 0 saturated carbocycles. The minimum absolute atomic E-state index is 0.0588. The molecule has 0 saturated heterocycles. The van der Waals surface area contributed by atoms with Gasteiger partial charge in [-0.1, -0.05) is 6.07 Å². The summed E-state index contributed by atoms with van der Waals surface area (Å²) in [6.45, 7) is 2.26. The summed E-state index contributed by atoms with van der Waals surface area (Å²) in [5, 5.41) is 11.9. The third-order valence-corrected chi connectivity index (χ3v) is 3.60. The van der Waals surface area contributed by atoms with Crippen LogP contribution in [0, 0.1) is 11.3 Å². The monoisotopic (exact) mass is 308 g/mol. The fraction of sp³-hybridized carbons (Fsp3) is 0.222. The molecule has 3 rings (SSSR count). The van der Waals surface area contributed by atoms with Crippen molar-refractivity contribution in [1.82, 2.24) is 5.32 Å². The molecule has 1 atom stereocenters. The van der Waals surface area contributed by atoms with Crippen LogP contribution in [0.25, 0.3) is 6.08 Å². The van der Waals surface area contributed by atoms with E-state index in [1.165, 1.54) is 6.26 Å². The van der Waals surface area contributed by atoms with E-state index in [1.807, 2.05) is 31.2 Å². The number of fused-ring (bicyclic) bond motifs is 1. The second-order valence-electron chi connectivity index (χ2n) is 5.43. The van der Waals surface area contributed by atoms with Crippen molar-refractivity contribution >= 4 is 12.0 Å². The molecule has 1 aromatic heterocycles. The fourth-order valence-electron chi connectivity index (χ4n) is 2.52. The van der Waals surface area contributed by atoms with Gasteiger partial charge in [0.2, 0.25) is 0 Å². The molecule has 1 unspecified atom stereocenters. The highest BCUT2D eigenvalue weighted by Gasteiger charge is 2.19. The van der Waals surface area contributed by atoms with Gasteiger partial charge in [0, 0.05) is 6.42 Å². The first kappa shape index (κ1) is 14.9. The van der Waals surface area contributed by atoms with Crippen molar-refractivity contribution in [2.75, 3.05) is 0 Å². The first-order valence-corrected chi connectivity index (χ1v) is 7.37. The zero-order chi connectivity index (χ0) is 16.2. The number of nitrogens with one attached hydrogen (secondary N) is 1. The Morgan fingerprint density at radius 1 is 1.48 bits per heavy atom. The van der Waals surface area contributed by atoms with E-state index in [-0.39, 0.29) is 18.2 Å². The Labute approximate surface area is 134 Å². The summed E-state index contributed by atoms with van der Waals surface area (Å²) in [7, 11) is 0. The molecule has 2 heterocycles. The van der Waals surface area contributed by atoms with E-state index in [2.05, 4.69) is 5.32 Å². The lowest BCUT2D eigenvalue weighted by atomic mass is 10.0. The van der Waals surface area contributed by atoms with Gasteiger partial charge < -0.3 is 14.5 Å². The molecule has 0 spiro atoms. The summed E-state index contributed by atoms with van der Waals surface area (Å²) in [5.74, 6) is 1.09. The predicted molar refractivity (Wildman–Crippen MR) is 84.4 cm³/mol. The number of hydrogen-bond acceptors (Lipinski definition) is 4. The van der Waals surface area contributed by atoms with Crippen LogP contribution in [-0.4, -0.2) is 12.0 Å². The Balaban J connectivity index is 1.73. The minimum Gasteiger partial charge on any atom is -0.490 e. The highest BCUT2D eigenvalue weighted by Crippen LogP contribution is 2.29. The maximum Gasteiger partial charge on any atom is 0.262 e. The lowest BCUT2D eigenvalue weighted by Crippen LogP contribution is -2.23. The van der Waals surface area contributed by atoms with Crippen LogP contribution in [0.4, 0.5) is 0 Å². The smallest absolute Gasteiger partial charge is 0.262 e. The van der Waals surface area contributed by atoms with Gasteiger partial charge in [0.25, 0.3) is 5.91 Å². The van der Waals surface area contributed by atoms with Crippen LogP contribution in [0.1, 0.15) is 23.8 Å². The van der Waals surface area contributed by atoms with Gasteiger partial charge in [-0.3, -0.25) is 4.79 Å². The number of furan rings is 1. The summed E-state index contributed by atoms with van der Waals surface area (Å²) in [6, 6.07) is 11.1. The number of ether oxygens (including phenoxy) is 1. The van der Waals surface area contributed by atoms with Gasteiger partial charge in [-0.25, -0.2) is 0 Å². The van der Waals surface area contributed by atoms with Gasteiger partial charge in [0.15, 0.2) is 0 Å². The van der Waals surface area contributed by atoms with Crippen LogP contribution in [0.5, 0.6) is 5.75 Å². The van der Waals surface area contributed by atoms with Crippen molar-refractivity contribution in [2.24, 2.45) is 0 Å². The van der Waals surface area contributed by atoms with Crippen molar-refractivity contribution in [1.29, 1.82) is 5.26 Å². The second-order valence-corrected chi connectivity index (χ2v) is 5.43. The van der Waals surface area contributed by atoms with Crippen molar-refractivity contribution < 1.29 is 13.9 Å². The quantitative estimate of drug-likeness (QED) is 0.696. The van der Waals surface area contributed by atoms with Crippen LogP contribution >= 0.6 is 0 Å². The molecule has 0 aliphatic carbocycles. The predicted octanol–water partition coefficient (Wildman–Crippen LogP) is 2.83. The van der Waals surface area contributed by atoms with Gasteiger partial charge >= 0.3 is 0 Å². The lowest BCUT2D eigenvalue weighted by Gasteiger charge is -2.03. The van der Waals surface area contributed by atoms with E-state index in [0.717, 1.165) is 23.3 Å². The lowest BCUT2D eigenvalue weighted by molar-refractivity contribution is -0.117. The number of hydrogen-bond donors (Lipinski definition) is 1. The summed E-state index contributed by atoms with van der Waals surface area (Å²) in [4.78, 5) is 12.1. The number of nitriles is 1. The van der Waals surface area contributed by atoms with Crippen LogP contribution in [-0.2, 0) is 17.8 Å². The molecule has 116 valence electrons. The van der Waals surface area contributed by atoms with Crippen molar-refractivity contribution in [2.45, 2.75) is 26.0 Å². The maximum absolute atomic E-state index is 12.1. The molecular weight excluding hydrogens is 292 g/mol. The zero-order valence-corrected chi connectivity index (χ0v) is 12.7. The summed E-state index contributed by atoms with van der Waals surface area (Å²) >= 11 is 0. The number of carbonyl (C=O) groups is 1. The third-order valence-electron chi connectivity index (χ3n) is 3.60. The Morgan fingerprint density at radius 3 is 3.09 bits per heavy atom. The SMILES string of the molecule is CC1Cc2cc(C=C(C#N)C(=O)NCc3ccco3)ccc2O1. The molecule has 1 N–H and O–H groups in total. The van der Waals surface area contributed by atoms with Gasteiger partial charge in [-0.15, -0.1) is 0 Å². The fourth-order valence-corrected chi connectivity index (χ4v) is 2.52. The van der Waals surface area contributed by atoms with Gasteiger partial charge in [-0.2, -0.15) is 5.26 Å². The third kappa shape index (κ3) is 3.43. The summed E-state index contributed by atoms with van der Waals surface area (Å²) < 4.78 is 10.8. The summed E-state index contributed by atoms with van der Waals surface area (Å²) in [6.07, 6.45) is 4.12. The highest BCUT2D eigenvalue weighted by molar-refractivity contribution is 6.01. The molecule has 1 aromatic carbocycles. The van der Waals surface area contributed by atoms with Crippen molar-refractivity contribution in [3.63, 3.8) is 0 Å². The highest BCUT2D eigenvalue weighted by atomic mass is 16.5. The average molecular weight is 308 g/mol. The molecule has 5 nitrogen and oxygen atoms in total. The molecule has 0 bridgehead atoms. The zero-order valence-electron chi connectivity index (χ0n) is 12.7. The Morgan fingerprint density at radius 2 is 2.35 bits per heavy atom.